The third-order valence-electron chi connectivity index (χ3n) is 18.2. The Morgan fingerprint density at radius 3 is 1.25 bits per heavy atom. The summed E-state index contributed by atoms with van der Waals surface area (Å²) in [5.74, 6) is -8.05. The number of rotatable bonds is 15. The van der Waals surface area contributed by atoms with Gasteiger partial charge < -0.3 is 60.3 Å². The smallest absolute Gasteiger partial charge is 0.319 e. The molecule has 31 heteroatoms. The number of anilines is 6. The molecule has 3 aliphatic rings. The van der Waals surface area contributed by atoms with E-state index < -0.39 is 122 Å². The number of halogens is 9. The summed E-state index contributed by atoms with van der Waals surface area (Å²) in [6.45, 7) is 16.3. The molecule has 8 aromatic carbocycles. The molecule has 3 aliphatic heterocycles. The molecular formula is C78H76ClF8N10O9P3. The molecule has 0 unspecified atom stereocenters. The van der Waals surface area contributed by atoms with Crippen molar-refractivity contribution in [3.05, 3.63) is 226 Å². The van der Waals surface area contributed by atoms with E-state index in [1.807, 2.05) is 12.1 Å². The van der Waals surface area contributed by atoms with Crippen molar-refractivity contribution in [2.24, 2.45) is 0 Å². The molecule has 0 radical (unpaired) electrons. The summed E-state index contributed by atoms with van der Waals surface area (Å²) in [6.07, 6.45) is 2.04. The Morgan fingerprint density at radius 1 is 0.413 bits per heavy atom. The molecule has 12 rings (SSSR count). The highest BCUT2D eigenvalue weighted by Gasteiger charge is 2.40. The van der Waals surface area contributed by atoms with E-state index in [1.54, 1.807) is 77.4 Å². The van der Waals surface area contributed by atoms with Gasteiger partial charge in [-0.3, -0.25) is 19.4 Å². The van der Waals surface area contributed by atoms with Gasteiger partial charge >= 0.3 is 18.1 Å². The zero-order chi connectivity index (χ0) is 79.5. The Labute approximate surface area is 628 Å². The lowest BCUT2D eigenvalue weighted by molar-refractivity contribution is -0.119. The fourth-order valence-corrected chi connectivity index (χ4v) is 16.8. The molecule has 9 amide bonds. The minimum Gasteiger partial charge on any atom is -0.326 e. The van der Waals surface area contributed by atoms with Crippen molar-refractivity contribution in [3.8, 4) is 33.4 Å². The fraction of sp³-hybridized carbons (Fsp3) is 0.244. The average molecular weight is 1580 g/mol. The lowest BCUT2D eigenvalue weighted by atomic mass is 9.99. The molecule has 0 saturated carbocycles. The van der Waals surface area contributed by atoms with Crippen LogP contribution in [0.5, 0.6) is 0 Å². The topological polar surface area (TPSA) is 248 Å². The van der Waals surface area contributed by atoms with Gasteiger partial charge in [-0.05, 0) is 199 Å². The molecule has 3 fully saturated rings. The largest absolute Gasteiger partial charge is 0.326 e. The third kappa shape index (κ3) is 18.3. The number of nitrogens with one attached hydrogen (secondary N) is 6. The second-order valence-corrected chi connectivity index (χ2v) is 37.2. The van der Waals surface area contributed by atoms with Crippen LogP contribution in [-0.2, 0) is 28.1 Å². The molecule has 570 valence electrons. The van der Waals surface area contributed by atoms with Crippen LogP contribution >= 0.6 is 33.0 Å². The van der Waals surface area contributed by atoms with E-state index in [-0.39, 0.29) is 111 Å². The van der Waals surface area contributed by atoms with Crippen molar-refractivity contribution in [1.82, 2.24) is 20.9 Å². The molecule has 0 aliphatic carbocycles. The number of pyridine rings is 1. The van der Waals surface area contributed by atoms with Crippen molar-refractivity contribution in [2.75, 3.05) is 90.3 Å². The van der Waals surface area contributed by atoms with Gasteiger partial charge in [-0.25, -0.2) is 49.5 Å². The van der Waals surface area contributed by atoms with Crippen LogP contribution in [0.2, 0.25) is 5.02 Å². The van der Waals surface area contributed by atoms with E-state index in [0.717, 1.165) is 9.80 Å². The Bertz CT molecular complexity index is 5080. The van der Waals surface area contributed by atoms with Gasteiger partial charge in [0.05, 0.1) is 44.5 Å². The van der Waals surface area contributed by atoms with Crippen molar-refractivity contribution in [3.63, 3.8) is 0 Å². The van der Waals surface area contributed by atoms with E-state index in [2.05, 4.69) is 36.9 Å². The minimum atomic E-state index is -3.08. The zero-order valence-corrected chi connectivity index (χ0v) is 64.1. The number of nitrogens with zero attached hydrogens (tertiary/aromatic N) is 4. The number of hydrogen-bond donors (Lipinski definition) is 6. The number of aromatic nitrogens is 1. The highest BCUT2D eigenvalue weighted by atomic mass is 35.5. The molecule has 4 heterocycles. The van der Waals surface area contributed by atoms with E-state index in [4.69, 9.17) is 11.6 Å². The maximum Gasteiger partial charge on any atom is 0.319 e. The zero-order valence-electron chi connectivity index (χ0n) is 60.6. The lowest BCUT2D eigenvalue weighted by Gasteiger charge is -2.21. The lowest BCUT2D eigenvalue weighted by Crippen LogP contribution is -2.43. The van der Waals surface area contributed by atoms with Gasteiger partial charge in [0.1, 0.15) is 74.1 Å². The molecule has 0 spiro atoms. The molecule has 3 atom stereocenters. The quantitative estimate of drug-likeness (QED) is 0.0418. The second kappa shape index (κ2) is 33.2. The number of amides is 9. The summed E-state index contributed by atoms with van der Waals surface area (Å²) < 4.78 is 156. The monoisotopic (exact) mass is 1580 g/mol. The predicted octanol–water partition coefficient (Wildman–Crippen LogP) is 16.0. The molecule has 109 heavy (non-hydrogen) atoms. The first-order chi connectivity index (χ1) is 51.3. The summed E-state index contributed by atoms with van der Waals surface area (Å²) in [5.41, 5.74) is 3.96. The van der Waals surface area contributed by atoms with Crippen LogP contribution < -0.4 is 62.6 Å². The summed E-state index contributed by atoms with van der Waals surface area (Å²) >= 11 is 6.33. The molecular weight excluding hydrogens is 1500 g/mol. The number of carbonyl (C=O) groups excluding carboxylic acids is 6. The molecule has 9 aromatic rings. The second-order valence-electron chi connectivity index (χ2n) is 27.4. The number of urea groups is 3. The van der Waals surface area contributed by atoms with Crippen LogP contribution in [0.3, 0.4) is 0 Å². The van der Waals surface area contributed by atoms with Gasteiger partial charge in [0.2, 0.25) is 17.7 Å². The van der Waals surface area contributed by atoms with Crippen molar-refractivity contribution < 1.29 is 77.6 Å². The van der Waals surface area contributed by atoms with Crippen LogP contribution in [0.1, 0.15) is 41.5 Å². The maximum atomic E-state index is 15.6. The van der Waals surface area contributed by atoms with E-state index in [0.29, 0.717) is 38.7 Å². The fourth-order valence-electron chi connectivity index (χ4n) is 12.8. The van der Waals surface area contributed by atoms with Gasteiger partial charge in [-0.15, -0.1) is 0 Å². The van der Waals surface area contributed by atoms with Crippen LogP contribution in [0, 0.1) is 74.2 Å². The minimum absolute atomic E-state index is 0.00153. The Hall–Kier alpha value is -10.5. The SMILES string of the molecule is Cc1ccc(NC(=O)N[C@@H]2CCN(c3ccc(-c4cccc(F)c4P(C)(C)=O)c(Cl)c3F)C2=O)c(F)c1.Cc1ccc(NC(=O)N[C@@H]2CCN(c3ccc(-c4ccccc4P(C)(C)=O)c(C)c3F)C2=O)c(F)c1.Cc1ccc(NC(=O)N[C@@H]2CCN(c3ccc(-c4cccnc4P(C)(C)=O)c(F)c3F)C2=O)c(F)c1. The Kier molecular flexibility index (Phi) is 24.7. The third-order valence-corrected chi connectivity index (χ3v) is 23.0. The van der Waals surface area contributed by atoms with Crippen molar-refractivity contribution >= 4 is 119 Å². The first-order valence-corrected chi connectivity index (χ1v) is 42.2. The van der Waals surface area contributed by atoms with Crippen molar-refractivity contribution in [2.45, 2.75) is 65.1 Å². The van der Waals surface area contributed by atoms with Gasteiger partial charge in [0, 0.05) is 47.8 Å². The molecule has 1 aromatic heterocycles. The van der Waals surface area contributed by atoms with Crippen molar-refractivity contribution in [1.29, 1.82) is 0 Å². The van der Waals surface area contributed by atoms with Crippen LogP contribution in [-0.4, -0.2) is 119 Å². The summed E-state index contributed by atoms with van der Waals surface area (Å²) in [7, 11) is -8.57. The van der Waals surface area contributed by atoms with Gasteiger partial charge in [-0.1, -0.05) is 84.4 Å². The van der Waals surface area contributed by atoms with Gasteiger partial charge in [0.15, 0.2) is 17.5 Å². The average Bonchev–Trinajstić information content (AvgIpc) is 1.73. The molecule has 6 N–H and O–H groups in total. The standard InChI is InChI=1S/C27H28F2N3O3P.C26H24ClF3N3O3P.C25H24F3N4O3P/c1-16-9-11-21(20(28)15-16)30-27(34)31-22-13-14-32(26(22)33)23-12-10-18(17(2)25(23)29)19-7-5-6-8-24(19)36(3,4)35;1-14-7-9-19(18(29)13-14)31-26(35)32-20-11-12-33(25(20)34)21-10-8-15(22(27)23(21)30)16-5-4-6-17(28)24(16)37(2,3)36;1-14-6-8-18(17(26)13-14)30-25(34)31-19-10-12-32(24(19)33)20-9-7-15(21(27)22(20)28)16-5-4-11-29-23(16)36(2,3)35/h5-12,15,22H,13-14H2,1-4H3,(H2,30,31,34);4-10,13,20H,11-12H2,1-3H3,(H2,31,32,35);4-9,11,13,19H,10,12H2,1-3H3,(H2,30,31,34)/t22-;20-;19-/m111/s1. The summed E-state index contributed by atoms with van der Waals surface area (Å²) in [4.78, 5) is 83.5. The summed E-state index contributed by atoms with van der Waals surface area (Å²) in [6, 6.07) is 30.8. The van der Waals surface area contributed by atoms with Gasteiger partial charge in [-0.2, -0.15) is 0 Å². The normalized spacial score (nSPS) is 15.8. The van der Waals surface area contributed by atoms with Crippen LogP contribution in [0.25, 0.3) is 33.4 Å². The highest BCUT2D eigenvalue weighted by Crippen LogP contribution is 2.46. The first kappa shape index (κ1) is 81.1. The highest BCUT2D eigenvalue weighted by molar-refractivity contribution is 7.71. The Balaban J connectivity index is 0.000000174. The van der Waals surface area contributed by atoms with Crippen LogP contribution in [0.4, 0.5) is 83.6 Å². The number of benzene rings is 8. The van der Waals surface area contributed by atoms with E-state index in [9.17, 15) is 60.0 Å². The maximum absolute atomic E-state index is 15.6. The van der Waals surface area contributed by atoms with Crippen LogP contribution in [0.15, 0.2) is 152 Å². The van der Waals surface area contributed by atoms with E-state index in [1.165, 1.54) is 135 Å². The number of carbonyl (C=O) groups is 6. The summed E-state index contributed by atoms with van der Waals surface area (Å²) in [5, 5.41) is 14.9. The predicted molar refractivity (Wildman–Crippen MR) is 412 cm³/mol. The Morgan fingerprint density at radius 2 is 0.817 bits per heavy atom. The number of aryl methyl sites for hydroxylation is 3. The molecule has 19 nitrogen and oxygen atoms in total. The molecule has 3 saturated heterocycles. The number of hydrogen-bond acceptors (Lipinski definition) is 10. The first-order valence-electron chi connectivity index (χ1n) is 34.0. The van der Waals surface area contributed by atoms with Gasteiger partial charge in [0.25, 0.3) is 0 Å². The molecule has 0 bridgehead atoms. The van der Waals surface area contributed by atoms with E-state index >= 15 is 17.6 Å².